The largest absolute Gasteiger partial charge is 0.444 e. The van der Waals surface area contributed by atoms with Crippen molar-refractivity contribution in [3.05, 3.63) is 0 Å². The summed E-state index contributed by atoms with van der Waals surface area (Å²) in [5, 5.41) is 13.4. The van der Waals surface area contributed by atoms with Crippen molar-refractivity contribution in [2.24, 2.45) is 0 Å². The molecule has 0 unspecified atom stereocenters. The standard InChI is InChI=1S/C13H25NO4/c1-11(2,3)18-10(15)14-12(4,5)13(16)6-8-17-9-7-13/h16H,6-9H2,1-5H3,(H,14,15). The van der Waals surface area contributed by atoms with Gasteiger partial charge in [-0.15, -0.1) is 0 Å². The van der Waals surface area contributed by atoms with Gasteiger partial charge in [0.05, 0.1) is 11.1 Å². The van der Waals surface area contributed by atoms with Gasteiger partial charge in [0.25, 0.3) is 0 Å². The summed E-state index contributed by atoms with van der Waals surface area (Å²) in [6.45, 7) is 10.1. The second-order valence-electron chi connectivity index (χ2n) is 6.40. The predicted octanol–water partition coefficient (Wildman–Crippen LogP) is 1.83. The molecule has 1 saturated heterocycles. The molecular formula is C13H25NO4. The maximum absolute atomic E-state index is 11.8. The van der Waals surface area contributed by atoms with Crippen molar-refractivity contribution in [3.8, 4) is 0 Å². The van der Waals surface area contributed by atoms with Crippen LogP contribution in [0.2, 0.25) is 0 Å². The van der Waals surface area contributed by atoms with Crippen LogP contribution in [0, 0.1) is 0 Å². The summed E-state index contributed by atoms with van der Waals surface area (Å²) in [4.78, 5) is 11.8. The number of nitrogens with one attached hydrogen (secondary N) is 1. The third-order valence-corrected chi connectivity index (χ3v) is 3.30. The van der Waals surface area contributed by atoms with Crippen molar-refractivity contribution >= 4 is 6.09 Å². The third-order valence-electron chi connectivity index (χ3n) is 3.30. The van der Waals surface area contributed by atoms with Crippen molar-refractivity contribution in [1.29, 1.82) is 0 Å². The first-order valence-electron chi connectivity index (χ1n) is 6.37. The Morgan fingerprint density at radius 3 is 2.17 bits per heavy atom. The molecule has 0 aromatic rings. The van der Waals surface area contributed by atoms with Crippen molar-refractivity contribution in [2.75, 3.05) is 13.2 Å². The number of rotatable bonds is 2. The molecule has 1 fully saturated rings. The summed E-state index contributed by atoms with van der Waals surface area (Å²) in [7, 11) is 0. The van der Waals surface area contributed by atoms with E-state index in [-0.39, 0.29) is 0 Å². The minimum Gasteiger partial charge on any atom is -0.444 e. The maximum atomic E-state index is 11.8. The summed E-state index contributed by atoms with van der Waals surface area (Å²) in [5.41, 5.74) is -2.25. The lowest BCUT2D eigenvalue weighted by molar-refractivity contribution is -0.110. The summed E-state index contributed by atoms with van der Waals surface area (Å²) in [6, 6.07) is 0. The number of ether oxygens (including phenoxy) is 2. The summed E-state index contributed by atoms with van der Waals surface area (Å²) in [6.07, 6.45) is 0.512. The van der Waals surface area contributed by atoms with E-state index in [4.69, 9.17) is 9.47 Å². The average Bonchev–Trinajstić information content (AvgIpc) is 2.14. The Morgan fingerprint density at radius 1 is 1.22 bits per heavy atom. The van der Waals surface area contributed by atoms with Crippen LogP contribution in [-0.4, -0.2) is 41.2 Å². The fourth-order valence-corrected chi connectivity index (χ4v) is 2.01. The van der Waals surface area contributed by atoms with Gasteiger partial charge in [0, 0.05) is 26.1 Å². The predicted molar refractivity (Wildman–Crippen MR) is 68.5 cm³/mol. The zero-order valence-electron chi connectivity index (χ0n) is 12.0. The Morgan fingerprint density at radius 2 is 1.72 bits per heavy atom. The molecule has 5 nitrogen and oxygen atoms in total. The van der Waals surface area contributed by atoms with Crippen LogP contribution in [0.3, 0.4) is 0 Å². The van der Waals surface area contributed by atoms with E-state index in [1.54, 1.807) is 0 Å². The van der Waals surface area contributed by atoms with E-state index in [0.29, 0.717) is 26.1 Å². The van der Waals surface area contributed by atoms with Gasteiger partial charge >= 0.3 is 6.09 Å². The molecule has 0 aliphatic carbocycles. The number of amides is 1. The van der Waals surface area contributed by atoms with Gasteiger partial charge in [-0.3, -0.25) is 0 Å². The van der Waals surface area contributed by atoms with Crippen LogP contribution in [-0.2, 0) is 9.47 Å². The molecule has 0 aromatic carbocycles. The first-order chi connectivity index (χ1) is 8.06. The first kappa shape index (κ1) is 15.2. The lowest BCUT2D eigenvalue weighted by Crippen LogP contribution is -2.63. The number of carbonyl (C=O) groups is 1. The lowest BCUT2D eigenvalue weighted by atomic mass is 9.77. The number of alkyl carbamates (subject to hydrolysis) is 1. The Hall–Kier alpha value is -0.810. The van der Waals surface area contributed by atoms with Crippen molar-refractivity contribution in [1.82, 2.24) is 5.32 Å². The third kappa shape index (κ3) is 3.85. The van der Waals surface area contributed by atoms with Gasteiger partial charge in [-0.25, -0.2) is 4.79 Å². The number of aliphatic hydroxyl groups is 1. The SMILES string of the molecule is CC(C)(C)OC(=O)NC(C)(C)C1(O)CCOCC1. The molecule has 2 N–H and O–H groups in total. The lowest BCUT2D eigenvalue weighted by Gasteiger charge is -2.45. The molecule has 18 heavy (non-hydrogen) atoms. The van der Waals surface area contributed by atoms with Crippen LogP contribution in [0.1, 0.15) is 47.5 Å². The van der Waals surface area contributed by atoms with Crippen LogP contribution < -0.4 is 5.32 Å². The van der Waals surface area contributed by atoms with E-state index in [1.807, 2.05) is 34.6 Å². The van der Waals surface area contributed by atoms with Gasteiger partial charge in [0.15, 0.2) is 0 Å². The summed E-state index contributed by atoms with van der Waals surface area (Å²) in [5.74, 6) is 0. The van der Waals surface area contributed by atoms with Crippen LogP contribution in [0.25, 0.3) is 0 Å². The zero-order chi connectivity index (χ0) is 14.0. The number of hydrogen-bond donors (Lipinski definition) is 2. The van der Waals surface area contributed by atoms with Crippen LogP contribution in [0.4, 0.5) is 4.79 Å². The highest BCUT2D eigenvalue weighted by molar-refractivity contribution is 5.69. The molecule has 1 aliphatic rings. The van der Waals surface area contributed by atoms with E-state index in [9.17, 15) is 9.90 Å². The van der Waals surface area contributed by atoms with Gasteiger partial charge in [0.2, 0.25) is 0 Å². The monoisotopic (exact) mass is 259 g/mol. The van der Waals surface area contributed by atoms with E-state index in [2.05, 4.69) is 5.32 Å². The minimum atomic E-state index is -0.956. The van der Waals surface area contributed by atoms with Crippen molar-refractivity contribution < 1.29 is 19.4 Å². The highest BCUT2D eigenvalue weighted by Crippen LogP contribution is 2.32. The van der Waals surface area contributed by atoms with Gasteiger partial charge in [-0.05, 0) is 34.6 Å². The molecule has 1 heterocycles. The Bertz CT molecular complexity index is 301. The van der Waals surface area contributed by atoms with Crippen LogP contribution >= 0.6 is 0 Å². The number of hydrogen-bond acceptors (Lipinski definition) is 4. The van der Waals surface area contributed by atoms with E-state index >= 15 is 0 Å². The second-order valence-corrected chi connectivity index (χ2v) is 6.40. The average molecular weight is 259 g/mol. The highest BCUT2D eigenvalue weighted by Gasteiger charge is 2.46. The van der Waals surface area contributed by atoms with Gasteiger partial charge in [-0.2, -0.15) is 0 Å². The van der Waals surface area contributed by atoms with Crippen LogP contribution in [0.5, 0.6) is 0 Å². The molecule has 1 aliphatic heterocycles. The molecule has 106 valence electrons. The van der Waals surface area contributed by atoms with Gasteiger partial charge in [0.1, 0.15) is 5.60 Å². The van der Waals surface area contributed by atoms with Gasteiger partial charge in [-0.1, -0.05) is 0 Å². The summed E-state index contributed by atoms with van der Waals surface area (Å²) < 4.78 is 10.5. The molecule has 0 atom stereocenters. The fraction of sp³-hybridized carbons (Fsp3) is 0.923. The molecule has 0 aromatic heterocycles. The van der Waals surface area contributed by atoms with Gasteiger partial charge < -0.3 is 19.9 Å². The topological polar surface area (TPSA) is 67.8 Å². The Kier molecular flexibility index (Phi) is 4.28. The smallest absolute Gasteiger partial charge is 0.408 e. The van der Waals surface area contributed by atoms with E-state index in [1.165, 1.54) is 0 Å². The molecule has 1 amide bonds. The van der Waals surface area contributed by atoms with Crippen molar-refractivity contribution in [2.45, 2.75) is 64.2 Å². The summed E-state index contributed by atoms with van der Waals surface area (Å²) >= 11 is 0. The van der Waals surface area contributed by atoms with E-state index < -0.39 is 22.8 Å². The molecule has 5 heteroatoms. The Balaban J connectivity index is 2.65. The maximum Gasteiger partial charge on any atom is 0.408 e. The van der Waals surface area contributed by atoms with Crippen molar-refractivity contribution in [3.63, 3.8) is 0 Å². The quantitative estimate of drug-likeness (QED) is 0.794. The molecule has 0 spiro atoms. The zero-order valence-corrected chi connectivity index (χ0v) is 12.0. The fourth-order valence-electron chi connectivity index (χ4n) is 2.01. The Labute approximate surface area is 109 Å². The minimum absolute atomic E-state index is 0.507. The number of carbonyl (C=O) groups excluding carboxylic acids is 1. The highest BCUT2D eigenvalue weighted by atomic mass is 16.6. The molecule has 0 radical (unpaired) electrons. The van der Waals surface area contributed by atoms with Crippen LogP contribution in [0.15, 0.2) is 0 Å². The van der Waals surface area contributed by atoms with E-state index in [0.717, 1.165) is 0 Å². The molecule has 0 saturated carbocycles. The second kappa shape index (κ2) is 5.05. The molecular weight excluding hydrogens is 234 g/mol. The molecule has 1 rings (SSSR count). The normalized spacial score (nSPS) is 20.3. The molecule has 0 bridgehead atoms. The first-order valence-corrected chi connectivity index (χ1v) is 6.37.